The number of ketones is 1. The molecule has 1 N–H and O–H groups in total. The Morgan fingerprint density at radius 2 is 1.83 bits per heavy atom. The molecule has 0 aliphatic rings. The van der Waals surface area contributed by atoms with Crippen LogP contribution in [-0.4, -0.2) is 29.9 Å². The molecule has 3 rings (SSSR count). The minimum atomic E-state index is 0.0443. The van der Waals surface area contributed by atoms with Crippen LogP contribution in [0.3, 0.4) is 0 Å². The highest BCUT2D eigenvalue weighted by atomic mass is 16.5. The number of fused-ring (bicyclic) bond motifs is 1. The van der Waals surface area contributed by atoms with Crippen LogP contribution in [-0.2, 0) is 0 Å². The largest absolute Gasteiger partial charge is 0.494 e. The van der Waals surface area contributed by atoms with E-state index in [2.05, 4.69) is 46.0 Å². The first-order valence-electron chi connectivity index (χ1n) is 10.8. The summed E-state index contributed by atoms with van der Waals surface area (Å²) in [5.41, 5.74) is 3.85. The van der Waals surface area contributed by atoms with Crippen molar-refractivity contribution in [1.29, 1.82) is 0 Å². The van der Waals surface area contributed by atoms with Gasteiger partial charge in [-0.2, -0.15) is 0 Å². The van der Waals surface area contributed by atoms with Crippen molar-refractivity contribution in [2.24, 2.45) is 5.41 Å². The molecular formula is C26H34N2O2. The molecule has 160 valence electrons. The third kappa shape index (κ3) is 5.51. The average molecular weight is 407 g/mol. The first-order chi connectivity index (χ1) is 14.3. The Kier molecular flexibility index (Phi) is 6.99. The van der Waals surface area contributed by atoms with E-state index in [1.54, 1.807) is 0 Å². The normalized spacial score (nSPS) is 11.9. The summed E-state index contributed by atoms with van der Waals surface area (Å²) in [5.74, 6) is 1.12. The summed E-state index contributed by atoms with van der Waals surface area (Å²) in [7, 11) is 0. The summed E-state index contributed by atoms with van der Waals surface area (Å²) in [4.78, 5) is 13.3. The van der Waals surface area contributed by atoms with Crippen LogP contribution in [0.1, 0.15) is 68.6 Å². The summed E-state index contributed by atoms with van der Waals surface area (Å²) < 4.78 is 7.83. The lowest BCUT2D eigenvalue weighted by molar-refractivity contribution is 0.103. The summed E-state index contributed by atoms with van der Waals surface area (Å²) in [6, 6.07) is 15.6. The van der Waals surface area contributed by atoms with Gasteiger partial charge >= 0.3 is 0 Å². The lowest BCUT2D eigenvalue weighted by Gasteiger charge is -2.18. The van der Waals surface area contributed by atoms with Crippen molar-refractivity contribution >= 4 is 11.3 Å². The lowest BCUT2D eigenvalue weighted by Crippen LogP contribution is -2.28. The quantitative estimate of drug-likeness (QED) is 0.366. The van der Waals surface area contributed by atoms with Gasteiger partial charge in [0.05, 0.1) is 12.3 Å². The van der Waals surface area contributed by atoms with Gasteiger partial charge in [-0.3, -0.25) is 4.79 Å². The molecule has 2 aromatic heterocycles. The van der Waals surface area contributed by atoms with Crippen LogP contribution in [0.15, 0.2) is 54.7 Å². The highest BCUT2D eigenvalue weighted by molar-refractivity contribution is 6.09. The number of hydrogen-bond donors (Lipinski definition) is 1. The molecule has 0 aliphatic carbocycles. The number of benzene rings is 1. The van der Waals surface area contributed by atoms with Crippen LogP contribution in [0, 0.1) is 5.41 Å². The van der Waals surface area contributed by atoms with Crippen LogP contribution in [0.25, 0.3) is 5.52 Å². The maximum absolute atomic E-state index is 13.3. The van der Waals surface area contributed by atoms with Gasteiger partial charge in [-0.1, -0.05) is 40.7 Å². The summed E-state index contributed by atoms with van der Waals surface area (Å²) >= 11 is 0. The zero-order chi connectivity index (χ0) is 21.7. The minimum absolute atomic E-state index is 0.0443. The van der Waals surface area contributed by atoms with E-state index in [1.807, 2.05) is 53.1 Å². The van der Waals surface area contributed by atoms with E-state index in [9.17, 15) is 4.79 Å². The number of hydrogen-bond acceptors (Lipinski definition) is 3. The number of ether oxygens (including phenoxy) is 1. The molecule has 4 nitrogen and oxygen atoms in total. The molecule has 1 aromatic carbocycles. The molecular weight excluding hydrogens is 372 g/mol. The Morgan fingerprint density at radius 3 is 2.50 bits per heavy atom. The number of pyridine rings is 1. The summed E-state index contributed by atoms with van der Waals surface area (Å²) in [6.45, 7) is 13.5. The lowest BCUT2D eigenvalue weighted by atomic mass is 9.97. The highest BCUT2D eigenvalue weighted by Crippen LogP contribution is 2.27. The third-order valence-electron chi connectivity index (χ3n) is 5.08. The number of nitrogens with zero attached hydrogens (tertiary/aromatic N) is 1. The Morgan fingerprint density at radius 1 is 1.10 bits per heavy atom. The van der Waals surface area contributed by atoms with Crippen LogP contribution < -0.4 is 10.1 Å². The fraction of sp³-hybridized carbons (Fsp3) is 0.423. The van der Waals surface area contributed by atoms with Gasteiger partial charge in [0.25, 0.3) is 0 Å². The fourth-order valence-corrected chi connectivity index (χ4v) is 3.51. The van der Waals surface area contributed by atoms with E-state index in [0.29, 0.717) is 17.6 Å². The maximum Gasteiger partial charge on any atom is 0.210 e. The molecule has 0 fully saturated rings. The van der Waals surface area contributed by atoms with Gasteiger partial charge in [-0.15, -0.1) is 0 Å². The average Bonchev–Trinajstić information content (AvgIpc) is 3.10. The van der Waals surface area contributed by atoms with Crippen molar-refractivity contribution in [3.63, 3.8) is 0 Å². The molecule has 3 aromatic rings. The van der Waals surface area contributed by atoms with Gasteiger partial charge in [0.2, 0.25) is 5.78 Å². The van der Waals surface area contributed by atoms with Crippen molar-refractivity contribution in [1.82, 2.24) is 9.72 Å². The second kappa shape index (κ2) is 9.48. The number of rotatable bonds is 9. The zero-order valence-electron chi connectivity index (χ0n) is 18.9. The van der Waals surface area contributed by atoms with E-state index in [-0.39, 0.29) is 11.7 Å². The molecule has 0 amide bonds. The van der Waals surface area contributed by atoms with E-state index in [0.717, 1.165) is 42.0 Å². The van der Waals surface area contributed by atoms with Crippen molar-refractivity contribution in [3.05, 3.63) is 71.5 Å². The Hall–Kier alpha value is -2.59. The topological polar surface area (TPSA) is 42.7 Å². The smallest absolute Gasteiger partial charge is 0.210 e. The number of carbonyl (C=O) groups is 1. The molecule has 4 heteroatoms. The van der Waals surface area contributed by atoms with Crippen molar-refractivity contribution in [3.8, 4) is 5.75 Å². The Balaban J connectivity index is 1.64. The van der Waals surface area contributed by atoms with Gasteiger partial charge in [0.1, 0.15) is 5.75 Å². The number of carbonyl (C=O) groups excluding carboxylic acids is 1. The molecule has 2 heterocycles. The van der Waals surface area contributed by atoms with E-state index >= 15 is 0 Å². The predicted molar refractivity (Wildman–Crippen MR) is 124 cm³/mol. The minimum Gasteiger partial charge on any atom is -0.494 e. The molecule has 0 aliphatic heterocycles. The summed E-state index contributed by atoms with van der Waals surface area (Å²) in [5, 5.41) is 3.45. The van der Waals surface area contributed by atoms with Gasteiger partial charge in [-0.25, -0.2) is 0 Å². The van der Waals surface area contributed by atoms with E-state index in [4.69, 9.17) is 4.74 Å². The van der Waals surface area contributed by atoms with Crippen molar-refractivity contribution < 1.29 is 9.53 Å². The van der Waals surface area contributed by atoms with E-state index in [1.165, 1.54) is 0 Å². The molecule has 0 bridgehead atoms. The molecule has 0 radical (unpaired) electrons. The van der Waals surface area contributed by atoms with Gasteiger partial charge in [0.15, 0.2) is 0 Å². The maximum atomic E-state index is 13.3. The standard InChI is InChI=1S/C26H34N2O2/c1-19(2)23-17-21-9-6-7-15-28(21)24(23)25(29)20-10-12-22(13-11-20)30-16-8-14-27-18-26(3,4)5/h6-7,9-13,15,17,19,27H,8,14,16,18H2,1-5H3. The Bertz CT molecular complexity index is 978. The summed E-state index contributed by atoms with van der Waals surface area (Å²) in [6.07, 6.45) is 2.91. The van der Waals surface area contributed by atoms with Crippen LogP contribution >= 0.6 is 0 Å². The monoisotopic (exact) mass is 406 g/mol. The van der Waals surface area contributed by atoms with Crippen molar-refractivity contribution in [2.75, 3.05) is 19.7 Å². The predicted octanol–water partition coefficient (Wildman–Crippen LogP) is 5.70. The molecule has 0 saturated carbocycles. The number of nitrogens with one attached hydrogen (secondary N) is 1. The molecule has 0 unspecified atom stereocenters. The van der Waals surface area contributed by atoms with Gasteiger partial charge < -0.3 is 14.5 Å². The SMILES string of the molecule is CC(C)c1cc2ccccn2c1C(=O)c1ccc(OCCCNCC(C)(C)C)cc1. The van der Waals surface area contributed by atoms with E-state index < -0.39 is 0 Å². The molecule has 0 spiro atoms. The molecule has 30 heavy (non-hydrogen) atoms. The van der Waals surface area contributed by atoms with Gasteiger partial charge in [0, 0.05) is 17.3 Å². The molecule has 0 saturated heterocycles. The first-order valence-corrected chi connectivity index (χ1v) is 10.8. The molecule has 0 atom stereocenters. The second-order valence-corrected chi connectivity index (χ2v) is 9.39. The number of aromatic nitrogens is 1. The van der Waals surface area contributed by atoms with Gasteiger partial charge in [-0.05, 0) is 78.9 Å². The van der Waals surface area contributed by atoms with Crippen LogP contribution in [0.2, 0.25) is 0 Å². The fourth-order valence-electron chi connectivity index (χ4n) is 3.51. The van der Waals surface area contributed by atoms with Crippen LogP contribution in [0.4, 0.5) is 0 Å². The third-order valence-corrected chi connectivity index (χ3v) is 5.08. The Labute approximate surface area is 180 Å². The first kappa shape index (κ1) is 22.1. The van der Waals surface area contributed by atoms with Crippen LogP contribution in [0.5, 0.6) is 5.75 Å². The second-order valence-electron chi connectivity index (χ2n) is 9.39. The zero-order valence-corrected chi connectivity index (χ0v) is 18.9. The van der Waals surface area contributed by atoms with Crippen molar-refractivity contribution in [2.45, 2.75) is 47.0 Å². The highest BCUT2D eigenvalue weighted by Gasteiger charge is 2.20.